The number of hydrogen-bond acceptors (Lipinski definition) is 2. The molecule has 0 radical (unpaired) electrons. The third-order valence-electron chi connectivity index (χ3n) is 1.71. The van der Waals surface area contributed by atoms with E-state index in [1.54, 1.807) is 11.8 Å². The molecule has 0 heterocycles. The van der Waals surface area contributed by atoms with Crippen LogP contribution in [0.15, 0.2) is 23.1 Å². The van der Waals surface area contributed by atoms with Crippen LogP contribution in [0.5, 0.6) is 0 Å². The van der Waals surface area contributed by atoms with Crippen molar-refractivity contribution in [1.29, 1.82) is 0 Å². The molecule has 1 nitrogen and oxygen atoms in total. The molecular formula is C11H12ClNS. The molecule has 14 heavy (non-hydrogen) atoms. The van der Waals surface area contributed by atoms with Crippen LogP contribution in [-0.2, 0) is 0 Å². The summed E-state index contributed by atoms with van der Waals surface area (Å²) >= 11 is 7.66. The summed E-state index contributed by atoms with van der Waals surface area (Å²) in [7, 11) is 0. The molecule has 3 heteroatoms. The van der Waals surface area contributed by atoms with Crippen LogP contribution in [0, 0.1) is 12.3 Å². The Balaban J connectivity index is 2.54. The lowest BCUT2D eigenvalue weighted by Gasteiger charge is -2.06. The summed E-state index contributed by atoms with van der Waals surface area (Å²) in [6, 6.07) is 5.56. The minimum Gasteiger partial charge on any atom is -0.398 e. The minimum absolute atomic E-state index is 0.718. The van der Waals surface area contributed by atoms with E-state index in [0.29, 0.717) is 0 Å². The van der Waals surface area contributed by atoms with E-state index in [-0.39, 0.29) is 0 Å². The SMILES string of the molecule is C#CCCCSc1c(N)cccc1Cl. The number of thioether (sulfide) groups is 1. The van der Waals surface area contributed by atoms with Gasteiger partial charge in [-0.3, -0.25) is 0 Å². The topological polar surface area (TPSA) is 26.0 Å². The summed E-state index contributed by atoms with van der Waals surface area (Å²) in [5, 5.41) is 0.718. The van der Waals surface area contributed by atoms with Crippen LogP contribution in [0.4, 0.5) is 5.69 Å². The Morgan fingerprint density at radius 2 is 2.29 bits per heavy atom. The number of halogens is 1. The van der Waals surface area contributed by atoms with E-state index in [1.807, 2.05) is 18.2 Å². The number of rotatable bonds is 4. The fourth-order valence-electron chi connectivity index (χ4n) is 1.03. The van der Waals surface area contributed by atoms with Gasteiger partial charge in [0.2, 0.25) is 0 Å². The van der Waals surface area contributed by atoms with Gasteiger partial charge in [-0.25, -0.2) is 0 Å². The van der Waals surface area contributed by atoms with Crippen LogP contribution in [-0.4, -0.2) is 5.75 Å². The first-order valence-electron chi connectivity index (χ1n) is 4.36. The molecule has 1 aromatic rings. The molecule has 74 valence electrons. The van der Waals surface area contributed by atoms with Crippen molar-refractivity contribution in [2.45, 2.75) is 17.7 Å². The second-order valence-corrected chi connectivity index (χ2v) is 4.33. The normalized spacial score (nSPS) is 9.71. The molecule has 0 atom stereocenters. The van der Waals surface area contributed by atoms with Gasteiger partial charge in [-0.15, -0.1) is 24.1 Å². The Morgan fingerprint density at radius 1 is 1.50 bits per heavy atom. The van der Waals surface area contributed by atoms with Gasteiger partial charge in [-0.05, 0) is 24.3 Å². The van der Waals surface area contributed by atoms with Gasteiger partial charge in [0, 0.05) is 17.0 Å². The van der Waals surface area contributed by atoms with Crippen LogP contribution in [0.2, 0.25) is 5.02 Å². The van der Waals surface area contributed by atoms with Gasteiger partial charge >= 0.3 is 0 Å². The van der Waals surface area contributed by atoms with Crippen molar-refractivity contribution in [3.63, 3.8) is 0 Å². The van der Waals surface area contributed by atoms with Crippen molar-refractivity contribution in [3.05, 3.63) is 23.2 Å². The van der Waals surface area contributed by atoms with Gasteiger partial charge in [0.15, 0.2) is 0 Å². The molecule has 1 aromatic carbocycles. The van der Waals surface area contributed by atoms with E-state index in [0.717, 1.165) is 34.2 Å². The van der Waals surface area contributed by atoms with Gasteiger partial charge in [0.05, 0.1) is 5.02 Å². The Hall–Kier alpha value is -0.780. The number of unbranched alkanes of at least 4 members (excludes halogenated alkanes) is 1. The second-order valence-electron chi connectivity index (χ2n) is 2.81. The maximum atomic E-state index is 6.00. The van der Waals surface area contributed by atoms with E-state index >= 15 is 0 Å². The lowest BCUT2D eigenvalue weighted by Crippen LogP contribution is -1.89. The number of anilines is 1. The zero-order valence-electron chi connectivity index (χ0n) is 7.79. The lowest BCUT2D eigenvalue weighted by atomic mass is 10.3. The maximum Gasteiger partial charge on any atom is 0.0562 e. The predicted molar refractivity (Wildman–Crippen MR) is 64.7 cm³/mol. The summed E-state index contributed by atoms with van der Waals surface area (Å²) < 4.78 is 0. The van der Waals surface area contributed by atoms with E-state index in [1.165, 1.54) is 0 Å². The smallest absolute Gasteiger partial charge is 0.0562 e. The van der Waals surface area contributed by atoms with Gasteiger partial charge in [0.25, 0.3) is 0 Å². The number of benzene rings is 1. The standard InChI is InChI=1S/C11H12ClNS/c1-2-3-4-8-14-11-9(12)6-5-7-10(11)13/h1,5-7H,3-4,8,13H2. The molecule has 0 amide bonds. The minimum atomic E-state index is 0.718. The molecule has 0 saturated carbocycles. The fraction of sp³-hybridized carbons (Fsp3) is 0.273. The summed E-state index contributed by atoms with van der Waals surface area (Å²) in [5.74, 6) is 3.56. The van der Waals surface area contributed by atoms with Gasteiger partial charge in [0.1, 0.15) is 0 Å². The molecule has 0 aliphatic carbocycles. The Bertz CT molecular complexity index is 323. The third kappa shape index (κ3) is 3.17. The molecule has 0 fully saturated rings. The highest BCUT2D eigenvalue weighted by molar-refractivity contribution is 7.99. The highest BCUT2D eigenvalue weighted by Gasteiger charge is 2.03. The zero-order valence-corrected chi connectivity index (χ0v) is 9.37. The predicted octanol–water partition coefficient (Wildman–Crippen LogP) is 3.43. The first-order chi connectivity index (χ1) is 6.75. The molecule has 1 rings (SSSR count). The summed E-state index contributed by atoms with van der Waals surface area (Å²) in [4.78, 5) is 0.964. The summed E-state index contributed by atoms with van der Waals surface area (Å²) in [6.07, 6.45) is 6.95. The van der Waals surface area contributed by atoms with Crippen molar-refractivity contribution in [1.82, 2.24) is 0 Å². The largest absolute Gasteiger partial charge is 0.398 e. The molecular weight excluding hydrogens is 214 g/mol. The quantitative estimate of drug-likeness (QED) is 0.368. The number of terminal acetylenes is 1. The maximum absolute atomic E-state index is 6.00. The molecule has 0 spiro atoms. The van der Waals surface area contributed by atoms with Gasteiger partial charge in [-0.1, -0.05) is 17.7 Å². The summed E-state index contributed by atoms with van der Waals surface area (Å²) in [5.41, 5.74) is 6.53. The Kier molecular flexibility index (Phi) is 4.72. The molecule has 0 unspecified atom stereocenters. The average Bonchev–Trinajstić information content (AvgIpc) is 2.16. The lowest BCUT2D eigenvalue weighted by molar-refractivity contribution is 0.997. The van der Waals surface area contributed by atoms with E-state index in [4.69, 9.17) is 23.8 Å². The highest BCUT2D eigenvalue weighted by Crippen LogP contribution is 2.32. The third-order valence-corrected chi connectivity index (χ3v) is 3.37. The van der Waals surface area contributed by atoms with E-state index in [2.05, 4.69) is 5.92 Å². The fourth-order valence-corrected chi connectivity index (χ4v) is 2.31. The van der Waals surface area contributed by atoms with E-state index in [9.17, 15) is 0 Å². The average molecular weight is 226 g/mol. The number of nitrogen functional groups attached to an aromatic ring is 1. The Labute approximate surface area is 94.0 Å². The Morgan fingerprint density at radius 3 is 2.93 bits per heavy atom. The molecule has 0 aliphatic heterocycles. The van der Waals surface area contributed by atoms with Crippen molar-refractivity contribution < 1.29 is 0 Å². The van der Waals surface area contributed by atoms with Crippen LogP contribution >= 0.6 is 23.4 Å². The summed E-state index contributed by atoms with van der Waals surface area (Å²) in [6.45, 7) is 0. The molecule has 0 saturated heterocycles. The van der Waals surface area contributed by atoms with Crippen LogP contribution in [0.3, 0.4) is 0 Å². The molecule has 0 aliphatic rings. The van der Waals surface area contributed by atoms with Gasteiger partial charge in [-0.2, -0.15) is 0 Å². The number of nitrogens with two attached hydrogens (primary N) is 1. The molecule has 2 N–H and O–H groups in total. The second kappa shape index (κ2) is 5.85. The van der Waals surface area contributed by atoms with Crippen molar-refractivity contribution in [3.8, 4) is 12.3 Å². The van der Waals surface area contributed by atoms with Gasteiger partial charge < -0.3 is 5.73 Å². The molecule has 0 aromatic heterocycles. The monoisotopic (exact) mass is 225 g/mol. The van der Waals surface area contributed by atoms with Crippen molar-refractivity contribution in [2.75, 3.05) is 11.5 Å². The first kappa shape index (κ1) is 11.3. The van der Waals surface area contributed by atoms with Crippen LogP contribution in [0.25, 0.3) is 0 Å². The molecule has 0 bridgehead atoms. The zero-order chi connectivity index (χ0) is 10.4. The van der Waals surface area contributed by atoms with Crippen LogP contribution < -0.4 is 5.73 Å². The first-order valence-corrected chi connectivity index (χ1v) is 5.72. The highest BCUT2D eigenvalue weighted by atomic mass is 35.5. The van der Waals surface area contributed by atoms with E-state index < -0.39 is 0 Å². The number of hydrogen-bond donors (Lipinski definition) is 1. The van der Waals surface area contributed by atoms with Crippen molar-refractivity contribution >= 4 is 29.1 Å². The van der Waals surface area contributed by atoms with Crippen molar-refractivity contribution in [2.24, 2.45) is 0 Å². The van der Waals surface area contributed by atoms with Crippen LogP contribution in [0.1, 0.15) is 12.8 Å².